The molecule has 2 rings (SSSR count). The van der Waals surface area contributed by atoms with E-state index in [-0.39, 0.29) is 12.1 Å². The van der Waals surface area contributed by atoms with Crippen molar-refractivity contribution in [3.8, 4) is 5.75 Å². The minimum absolute atomic E-state index is 0.0459. The molecule has 0 heterocycles. The number of aryl methyl sites for hydroxylation is 1. The van der Waals surface area contributed by atoms with Crippen LogP contribution in [0.3, 0.4) is 0 Å². The fourth-order valence-corrected chi connectivity index (χ4v) is 2.75. The van der Waals surface area contributed by atoms with E-state index in [0.717, 1.165) is 29.7 Å². The minimum Gasteiger partial charge on any atom is -0.497 e. The zero-order chi connectivity index (χ0) is 18.2. The topological polar surface area (TPSA) is 41.6 Å². The Morgan fingerprint density at radius 3 is 2.44 bits per heavy atom. The normalized spacial score (nSPS) is 11.7. The van der Waals surface area contributed by atoms with Gasteiger partial charge in [-0.05, 0) is 48.6 Å². The van der Waals surface area contributed by atoms with Crippen LogP contribution in [0, 0.1) is 0 Å². The molecule has 0 aliphatic rings. The van der Waals surface area contributed by atoms with Crippen LogP contribution in [0.25, 0.3) is 0 Å². The molecule has 0 saturated carbocycles. The van der Waals surface area contributed by atoms with E-state index in [9.17, 15) is 4.79 Å². The zero-order valence-electron chi connectivity index (χ0n) is 15.6. The fraction of sp³-hybridized carbons (Fsp3) is 0.381. The summed E-state index contributed by atoms with van der Waals surface area (Å²) in [4.78, 5) is 14.1. The first-order valence-corrected chi connectivity index (χ1v) is 8.74. The maximum atomic E-state index is 12.4. The van der Waals surface area contributed by atoms with Crippen LogP contribution in [-0.4, -0.2) is 31.1 Å². The third-order valence-corrected chi connectivity index (χ3v) is 4.24. The molecule has 0 radical (unpaired) electrons. The van der Waals surface area contributed by atoms with Gasteiger partial charge < -0.3 is 15.0 Å². The Balaban J connectivity index is 1.86. The highest BCUT2D eigenvalue weighted by molar-refractivity contribution is 5.74. The number of carbonyl (C=O) groups excluding carboxylic acids is 1. The maximum Gasteiger partial charge on any atom is 0.317 e. The van der Waals surface area contributed by atoms with E-state index in [1.54, 1.807) is 12.0 Å². The van der Waals surface area contributed by atoms with Crippen molar-refractivity contribution in [3.63, 3.8) is 0 Å². The van der Waals surface area contributed by atoms with Gasteiger partial charge in [0.15, 0.2) is 0 Å². The average Bonchev–Trinajstić information content (AvgIpc) is 2.62. The molecule has 2 aromatic carbocycles. The number of nitrogens with one attached hydrogen (secondary N) is 1. The van der Waals surface area contributed by atoms with Gasteiger partial charge in [0.25, 0.3) is 0 Å². The van der Waals surface area contributed by atoms with E-state index >= 15 is 0 Å². The zero-order valence-corrected chi connectivity index (χ0v) is 15.6. The molecule has 0 saturated heterocycles. The summed E-state index contributed by atoms with van der Waals surface area (Å²) in [6.45, 7) is 4.75. The summed E-state index contributed by atoms with van der Waals surface area (Å²) in [6.07, 6.45) is 1.79. The largest absolute Gasteiger partial charge is 0.497 e. The molecule has 1 atom stereocenters. The standard InChI is InChI=1S/C21H28N2O2/c1-5-17-9-11-18(12-10-17)15-23(3)21(24)22-16(2)13-19-7-6-8-20(14-19)25-4/h6-12,14,16H,5,13,15H2,1-4H3,(H,22,24). The first-order valence-electron chi connectivity index (χ1n) is 8.74. The van der Waals surface area contributed by atoms with Crippen molar-refractivity contribution >= 4 is 6.03 Å². The van der Waals surface area contributed by atoms with Crippen molar-refractivity contribution in [3.05, 3.63) is 65.2 Å². The van der Waals surface area contributed by atoms with Gasteiger partial charge in [-0.3, -0.25) is 0 Å². The second kappa shape index (κ2) is 9.11. The molecule has 2 aromatic rings. The summed E-state index contributed by atoms with van der Waals surface area (Å²) in [7, 11) is 3.48. The van der Waals surface area contributed by atoms with Gasteiger partial charge in [0.05, 0.1) is 7.11 Å². The Labute approximate surface area is 150 Å². The van der Waals surface area contributed by atoms with E-state index in [2.05, 4.69) is 36.5 Å². The molecule has 0 fully saturated rings. The van der Waals surface area contributed by atoms with Crippen molar-refractivity contribution < 1.29 is 9.53 Å². The smallest absolute Gasteiger partial charge is 0.317 e. The number of hydrogen-bond donors (Lipinski definition) is 1. The highest BCUT2D eigenvalue weighted by atomic mass is 16.5. The summed E-state index contributed by atoms with van der Waals surface area (Å²) < 4.78 is 5.24. The van der Waals surface area contributed by atoms with Gasteiger partial charge in [0, 0.05) is 19.6 Å². The van der Waals surface area contributed by atoms with E-state index in [1.165, 1.54) is 5.56 Å². The number of urea groups is 1. The van der Waals surface area contributed by atoms with Crippen LogP contribution in [-0.2, 0) is 19.4 Å². The Kier molecular flexibility index (Phi) is 6.87. The van der Waals surface area contributed by atoms with Crippen LogP contribution in [0.1, 0.15) is 30.5 Å². The molecule has 0 bridgehead atoms. The lowest BCUT2D eigenvalue weighted by molar-refractivity contribution is 0.203. The predicted octanol–water partition coefficient (Wildman–Crippen LogP) is 4.03. The highest BCUT2D eigenvalue weighted by Crippen LogP contribution is 2.14. The quantitative estimate of drug-likeness (QED) is 0.827. The summed E-state index contributed by atoms with van der Waals surface area (Å²) in [5.41, 5.74) is 3.59. The molecule has 1 N–H and O–H groups in total. The number of benzene rings is 2. The number of ether oxygens (including phenoxy) is 1. The van der Waals surface area contributed by atoms with E-state index in [4.69, 9.17) is 4.74 Å². The summed E-state index contributed by atoms with van der Waals surface area (Å²) >= 11 is 0. The number of rotatable bonds is 7. The van der Waals surface area contributed by atoms with Crippen LogP contribution >= 0.6 is 0 Å². The van der Waals surface area contributed by atoms with Crippen molar-refractivity contribution in [2.75, 3.05) is 14.2 Å². The SMILES string of the molecule is CCc1ccc(CN(C)C(=O)NC(C)Cc2cccc(OC)c2)cc1. The minimum atomic E-state index is -0.0602. The molecule has 0 aliphatic heterocycles. The lowest BCUT2D eigenvalue weighted by Crippen LogP contribution is -2.42. The van der Waals surface area contributed by atoms with Gasteiger partial charge in [0.2, 0.25) is 0 Å². The summed E-state index contributed by atoms with van der Waals surface area (Å²) in [5, 5.41) is 3.05. The second-order valence-corrected chi connectivity index (χ2v) is 6.43. The molecule has 1 unspecified atom stereocenters. The fourth-order valence-electron chi connectivity index (χ4n) is 2.75. The molecule has 4 heteroatoms. The van der Waals surface area contributed by atoms with Gasteiger partial charge in [-0.2, -0.15) is 0 Å². The molecular formula is C21H28N2O2. The third-order valence-electron chi connectivity index (χ3n) is 4.24. The molecular weight excluding hydrogens is 312 g/mol. The average molecular weight is 340 g/mol. The van der Waals surface area contributed by atoms with Gasteiger partial charge in [-0.1, -0.05) is 43.3 Å². The predicted molar refractivity (Wildman–Crippen MR) is 102 cm³/mol. The molecule has 0 spiro atoms. The molecule has 4 nitrogen and oxygen atoms in total. The maximum absolute atomic E-state index is 12.4. The molecule has 134 valence electrons. The molecule has 0 aliphatic carbocycles. The van der Waals surface area contributed by atoms with Crippen molar-refractivity contribution in [2.45, 2.75) is 39.3 Å². The molecule has 2 amide bonds. The van der Waals surface area contributed by atoms with Crippen molar-refractivity contribution in [1.29, 1.82) is 0 Å². The number of nitrogens with zero attached hydrogens (tertiary/aromatic N) is 1. The van der Waals surface area contributed by atoms with Crippen LogP contribution in [0.15, 0.2) is 48.5 Å². The van der Waals surface area contributed by atoms with Gasteiger partial charge in [0.1, 0.15) is 5.75 Å². The number of methoxy groups -OCH3 is 1. The first kappa shape index (κ1) is 18.8. The molecule has 25 heavy (non-hydrogen) atoms. The number of amides is 2. The summed E-state index contributed by atoms with van der Waals surface area (Å²) in [6, 6.07) is 16.3. The van der Waals surface area contributed by atoms with E-state index in [0.29, 0.717) is 6.54 Å². The Bertz CT molecular complexity index is 683. The van der Waals surface area contributed by atoms with Crippen molar-refractivity contribution in [1.82, 2.24) is 10.2 Å². The monoisotopic (exact) mass is 340 g/mol. The number of carbonyl (C=O) groups is 1. The van der Waals surface area contributed by atoms with Crippen molar-refractivity contribution in [2.24, 2.45) is 0 Å². The Morgan fingerprint density at radius 1 is 1.12 bits per heavy atom. The second-order valence-electron chi connectivity index (χ2n) is 6.43. The lowest BCUT2D eigenvalue weighted by atomic mass is 10.1. The lowest BCUT2D eigenvalue weighted by Gasteiger charge is -2.22. The number of hydrogen-bond acceptors (Lipinski definition) is 2. The summed E-state index contributed by atoms with van der Waals surface area (Å²) in [5.74, 6) is 0.837. The van der Waals surface area contributed by atoms with Gasteiger partial charge in [-0.15, -0.1) is 0 Å². The van der Waals surface area contributed by atoms with E-state index < -0.39 is 0 Å². The first-order chi connectivity index (χ1) is 12.0. The molecule has 0 aromatic heterocycles. The highest BCUT2D eigenvalue weighted by Gasteiger charge is 2.13. The van der Waals surface area contributed by atoms with Gasteiger partial charge in [-0.25, -0.2) is 4.79 Å². The Hall–Kier alpha value is -2.49. The van der Waals surface area contributed by atoms with Crippen LogP contribution < -0.4 is 10.1 Å². The van der Waals surface area contributed by atoms with Crippen LogP contribution in [0.2, 0.25) is 0 Å². The van der Waals surface area contributed by atoms with Crippen LogP contribution in [0.4, 0.5) is 4.79 Å². The third kappa shape index (κ3) is 5.82. The van der Waals surface area contributed by atoms with E-state index in [1.807, 2.05) is 38.2 Å². The van der Waals surface area contributed by atoms with Crippen LogP contribution in [0.5, 0.6) is 5.75 Å². The van der Waals surface area contributed by atoms with Gasteiger partial charge >= 0.3 is 6.03 Å². The Morgan fingerprint density at radius 2 is 1.80 bits per heavy atom.